The number of piperidine rings is 1. The van der Waals surface area contributed by atoms with Crippen molar-refractivity contribution in [2.45, 2.75) is 44.6 Å². The molecule has 3 aliphatic heterocycles. The van der Waals surface area contributed by atoms with Crippen molar-refractivity contribution in [2.75, 3.05) is 32.8 Å². The summed E-state index contributed by atoms with van der Waals surface area (Å²) in [6.07, 6.45) is 10.2. The minimum absolute atomic E-state index is 0.129. The van der Waals surface area contributed by atoms with E-state index in [1.54, 1.807) is 12.4 Å². The van der Waals surface area contributed by atoms with E-state index in [9.17, 15) is 4.79 Å². The molecular weight excluding hydrogens is 302 g/mol. The molecule has 0 spiro atoms. The van der Waals surface area contributed by atoms with Crippen LogP contribution in [0.1, 0.15) is 48.9 Å². The minimum atomic E-state index is 0.129. The van der Waals surface area contributed by atoms with E-state index in [2.05, 4.69) is 9.88 Å². The molecule has 132 valence electrons. The van der Waals surface area contributed by atoms with Crippen LogP contribution in [-0.2, 0) is 0 Å². The summed E-state index contributed by atoms with van der Waals surface area (Å²) in [6, 6.07) is 4.20. The predicted octanol–water partition coefficient (Wildman–Crippen LogP) is 2.17. The third kappa shape index (κ3) is 4.33. The second kappa shape index (κ2) is 8.58. The number of aliphatic hydroxyl groups is 1. The molecule has 3 aliphatic rings. The number of rotatable bonds is 7. The summed E-state index contributed by atoms with van der Waals surface area (Å²) in [5.41, 5.74) is 0.703. The van der Waals surface area contributed by atoms with E-state index in [-0.39, 0.29) is 5.91 Å². The van der Waals surface area contributed by atoms with Gasteiger partial charge in [0.05, 0.1) is 5.56 Å². The Morgan fingerprint density at radius 3 is 2.83 bits per heavy atom. The maximum Gasteiger partial charge on any atom is 0.255 e. The first-order chi connectivity index (χ1) is 11.8. The van der Waals surface area contributed by atoms with Crippen molar-refractivity contribution in [1.82, 2.24) is 14.8 Å². The molecule has 1 amide bonds. The van der Waals surface area contributed by atoms with Crippen molar-refractivity contribution in [3.8, 4) is 0 Å². The maximum atomic E-state index is 12.8. The average molecular weight is 331 g/mol. The van der Waals surface area contributed by atoms with Gasteiger partial charge < -0.3 is 10.0 Å². The fourth-order valence-corrected chi connectivity index (χ4v) is 4.07. The largest absolute Gasteiger partial charge is 0.396 e. The van der Waals surface area contributed by atoms with Crippen LogP contribution in [0, 0.1) is 5.92 Å². The van der Waals surface area contributed by atoms with Crippen molar-refractivity contribution < 1.29 is 9.90 Å². The van der Waals surface area contributed by atoms with Crippen LogP contribution < -0.4 is 0 Å². The number of aromatic nitrogens is 1. The molecule has 1 N–H and O–H groups in total. The molecule has 0 unspecified atom stereocenters. The summed E-state index contributed by atoms with van der Waals surface area (Å²) in [7, 11) is 0. The highest BCUT2D eigenvalue weighted by molar-refractivity contribution is 5.93. The van der Waals surface area contributed by atoms with Gasteiger partial charge in [-0.15, -0.1) is 0 Å². The summed E-state index contributed by atoms with van der Waals surface area (Å²) in [5, 5.41) is 8.86. The lowest BCUT2D eigenvalue weighted by Crippen LogP contribution is -2.44. The summed E-state index contributed by atoms with van der Waals surface area (Å²) >= 11 is 0. The minimum Gasteiger partial charge on any atom is -0.396 e. The van der Waals surface area contributed by atoms with Gasteiger partial charge in [-0.3, -0.25) is 14.7 Å². The Balaban J connectivity index is 1.56. The smallest absolute Gasteiger partial charge is 0.255 e. The lowest BCUT2D eigenvalue weighted by molar-refractivity contribution is 0.0737. The molecular formula is C19H29N3O2. The van der Waals surface area contributed by atoms with Crippen LogP contribution in [0.5, 0.6) is 0 Å². The molecule has 1 aromatic heterocycles. The molecule has 24 heavy (non-hydrogen) atoms. The van der Waals surface area contributed by atoms with E-state index in [0.29, 0.717) is 24.1 Å². The molecule has 5 heteroatoms. The number of fused-ring (bicyclic) bond motifs is 4. The van der Waals surface area contributed by atoms with Crippen LogP contribution in [0.15, 0.2) is 24.5 Å². The molecule has 0 aliphatic carbocycles. The molecule has 0 saturated carbocycles. The lowest BCUT2D eigenvalue weighted by atomic mass is 9.94. The van der Waals surface area contributed by atoms with Crippen LogP contribution in [0.2, 0.25) is 0 Å². The number of carbonyl (C=O) groups is 1. The van der Waals surface area contributed by atoms with Crippen LogP contribution in [0.25, 0.3) is 0 Å². The third-order valence-electron chi connectivity index (χ3n) is 5.38. The number of hydrogen-bond donors (Lipinski definition) is 1. The summed E-state index contributed by atoms with van der Waals surface area (Å²) < 4.78 is 0. The van der Waals surface area contributed by atoms with Crippen LogP contribution >= 0.6 is 0 Å². The van der Waals surface area contributed by atoms with Gasteiger partial charge in [0.25, 0.3) is 5.91 Å². The topological polar surface area (TPSA) is 56.7 Å². The molecule has 3 fully saturated rings. The fraction of sp³-hybridized carbons (Fsp3) is 0.684. The number of nitrogens with zero attached hydrogens (tertiary/aromatic N) is 3. The zero-order valence-electron chi connectivity index (χ0n) is 14.4. The molecule has 4 rings (SSSR count). The Morgan fingerprint density at radius 2 is 2.04 bits per heavy atom. The number of carbonyl (C=O) groups excluding carboxylic acids is 1. The van der Waals surface area contributed by atoms with E-state index in [1.165, 1.54) is 25.7 Å². The molecule has 0 radical (unpaired) electrons. The number of aliphatic hydroxyl groups excluding tert-OH is 1. The molecule has 4 heterocycles. The first kappa shape index (κ1) is 17.4. The van der Waals surface area contributed by atoms with E-state index < -0.39 is 0 Å². The van der Waals surface area contributed by atoms with Gasteiger partial charge in [-0.25, -0.2) is 0 Å². The highest BCUT2D eigenvalue weighted by atomic mass is 16.2. The van der Waals surface area contributed by atoms with Crippen molar-refractivity contribution >= 4 is 5.91 Å². The predicted molar refractivity (Wildman–Crippen MR) is 93.8 cm³/mol. The number of hydrogen-bond acceptors (Lipinski definition) is 4. The second-order valence-corrected chi connectivity index (χ2v) is 7.18. The Hall–Kier alpha value is -1.46. The maximum absolute atomic E-state index is 12.8. The average Bonchev–Trinajstić information content (AvgIpc) is 2.93. The molecule has 3 saturated heterocycles. The zero-order chi connectivity index (χ0) is 16.8. The van der Waals surface area contributed by atoms with E-state index in [0.717, 1.165) is 39.0 Å². The zero-order valence-corrected chi connectivity index (χ0v) is 14.4. The molecule has 1 aromatic rings. The highest BCUT2D eigenvalue weighted by Crippen LogP contribution is 2.29. The summed E-state index contributed by atoms with van der Waals surface area (Å²) in [4.78, 5) is 21.5. The first-order valence-electron chi connectivity index (χ1n) is 9.32. The van der Waals surface area contributed by atoms with Crippen LogP contribution in [0.4, 0.5) is 0 Å². The summed E-state index contributed by atoms with van der Waals surface area (Å²) in [5.74, 6) is 0.728. The standard InChI is InChI=1S/C19H29N3O2/c23-11-4-2-1-3-10-21-13-16-7-8-18(21)15-22(14-16)19(24)17-6-5-9-20-12-17/h5-6,9,12,16,18,23H,1-4,7-8,10-11,13-15H2/t16-,18-/m1/s1. The van der Waals surface area contributed by atoms with Gasteiger partial charge >= 0.3 is 0 Å². The fourth-order valence-electron chi connectivity index (χ4n) is 4.07. The van der Waals surface area contributed by atoms with Crippen molar-refractivity contribution in [3.05, 3.63) is 30.1 Å². The number of unbranched alkanes of at least 4 members (excludes halogenated alkanes) is 3. The molecule has 2 bridgehead atoms. The first-order valence-corrected chi connectivity index (χ1v) is 9.32. The van der Waals surface area contributed by atoms with E-state index in [1.807, 2.05) is 17.0 Å². The van der Waals surface area contributed by atoms with Gasteiger partial charge in [0.15, 0.2) is 0 Å². The summed E-state index contributed by atoms with van der Waals surface area (Å²) in [6.45, 7) is 4.29. The van der Waals surface area contributed by atoms with Gasteiger partial charge in [0.1, 0.15) is 0 Å². The lowest BCUT2D eigenvalue weighted by Gasteiger charge is -2.36. The van der Waals surface area contributed by atoms with Gasteiger partial charge in [-0.05, 0) is 50.3 Å². The Bertz CT molecular complexity index is 523. The van der Waals surface area contributed by atoms with E-state index in [4.69, 9.17) is 5.11 Å². The highest BCUT2D eigenvalue weighted by Gasteiger charge is 2.36. The van der Waals surface area contributed by atoms with E-state index >= 15 is 0 Å². The number of amides is 1. The van der Waals surface area contributed by atoms with Gasteiger partial charge in [0.2, 0.25) is 0 Å². The van der Waals surface area contributed by atoms with Gasteiger partial charge in [-0.2, -0.15) is 0 Å². The molecule has 0 aromatic carbocycles. The van der Waals surface area contributed by atoms with Crippen molar-refractivity contribution in [1.29, 1.82) is 0 Å². The van der Waals surface area contributed by atoms with Gasteiger partial charge in [0, 0.05) is 44.7 Å². The quantitative estimate of drug-likeness (QED) is 0.778. The second-order valence-electron chi connectivity index (χ2n) is 7.18. The molecule has 2 atom stereocenters. The van der Waals surface area contributed by atoms with Gasteiger partial charge in [-0.1, -0.05) is 12.8 Å². The van der Waals surface area contributed by atoms with Crippen molar-refractivity contribution in [2.24, 2.45) is 5.92 Å². The SMILES string of the molecule is O=C(c1cccnc1)N1C[C@@H]2CC[C@H](C1)N(CCCCCCO)C2. The number of pyridine rings is 1. The third-order valence-corrected chi connectivity index (χ3v) is 5.38. The monoisotopic (exact) mass is 331 g/mol. The Labute approximate surface area is 144 Å². The Kier molecular flexibility index (Phi) is 6.21. The normalized spacial score (nSPS) is 24.1. The van der Waals surface area contributed by atoms with Crippen LogP contribution in [-0.4, -0.2) is 64.6 Å². The van der Waals surface area contributed by atoms with Crippen LogP contribution in [0.3, 0.4) is 0 Å². The Morgan fingerprint density at radius 1 is 1.17 bits per heavy atom. The molecule has 5 nitrogen and oxygen atoms in total. The van der Waals surface area contributed by atoms with Crippen molar-refractivity contribution in [3.63, 3.8) is 0 Å².